The normalized spacial score (nSPS) is 13.9. The van der Waals surface area contributed by atoms with Gasteiger partial charge in [-0.3, -0.25) is 9.78 Å². The molecule has 1 fully saturated rings. The van der Waals surface area contributed by atoms with Crippen molar-refractivity contribution in [3.8, 4) is 0 Å². The maximum Gasteiger partial charge on any atom is 0.255 e. The highest BCUT2D eigenvalue weighted by atomic mass is 35.5. The van der Waals surface area contributed by atoms with Crippen LogP contribution in [0.3, 0.4) is 0 Å². The molecule has 1 saturated heterocycles. The van der Waals surface area contributed by atoms with E-state index in [1.165, 1.54) is 15.3 Å². The third-order valence-electron chi connectivity index (χ3n) is 5.66. The second kappa shape index (κ2) is 12.2. The highest BCUT2D eigenvalue weighted by Crippen LogP contribution is 2.33. The van der Waals surface area contributed by atoms with Crippen molar-refractivity contribution in [2.75, 3.05) is 13.1 Å². The molecule has 3 aromatic rings. The van der Waals surface area contributed by atoms with Crippen molar-refractivity contribution in [3.05, 3.63) is 87.4 Å². The van der Waals surface area contributed by atoms with E-state index in [1.54, 1.807) is 6.20 Å². The summed E-state index contributed by atoms with van der Waals surface area (Å²) in [6.07, 6.45) is 7.44. The Hall–Kier alpha value is -1.92. The molecule has 0 atom stereocenters. The van der Waals surface area contributed by atoms with E-state index in [2.05, 4.69) is 41.4 Å². The second-order valence-corrected chi connectivity index (χ2v) is 8.84. The predicted octanol–water partition coefficient (Wildman–Crippen LogP) is 5.25. The number of pyridine rings is 1. The van der Waals surface area contributed by atoms with Crippen molar-refractivity contribution < 1.29 is 4.79 Å². The van der Waals surface area contributed by atoms with E-state index in [9.17, 15) is 4.79 Å². The number of nitrogens with two attached hydrogens (primary N) is 1. The van der Waals surface area contributed by atoms with Crippen LogP contribution >= 0.6 is 36.2 Å². The monoisotopic (exact) mass is 477 g/mol. The Morgan fingerprint density at radius 3 is 2.39 bits per heavy atom. The van der Waals surface area contributed by atoms with E-state index >= 15 is 0 Å². The van der Waals surface area contributed by atoms with E-state index in [0.29, 0.717) is 18.0 Å². The molecule has 0 bridgehead atoms. The highest BCUT2D eigenvalue weighted by Gasteiger charge is 2.25. The molecular weight excluding hydrogens is 449 g/mol. The highest BCUT2D eigenvalue weighted by molar-refractivity contribution is 7.12. The lowest BCUT2D eigenvalue weighted by molar-refractivity contribution is 0.0713. The molecule has 1 aromatic carbocycles. The molecule has 0 spiro atoms. The van der Waals surface area contributed by atoms with Crippen LogP contribution in [0.5, 0.6) is 0 Å². The average molecular weight is 478 g/mol. The summed E-state index contributed by atoms with van der Waals surface area (Å²) in [4.78, 5) is 21.9. The van der Waals surface area contributed by atoms with Crippen LogP contribution in [0, 0.1) is 0 Å². The molecule has 7 heteroatoms. The summed E-state index contributed by atoms with van der Waals surface area (Å²) >= 11 is 1.81. The molecule has 2 aromatic heterocycles. The summed E-state index contributed by atoms with van der Waals surface area (Å²) in [5.74, 6) is 0.644. The summed E-state index contributed by atoms with van der Waals surface area (Å²) in [5, 5.41) is 0. The van der Waals surface area contributed by atoms with E-state index < -0.39 is 0 Å². The van der Waals surface area contributed by atoms with Crippen LogP contribution in [0.1, 0.15) is 50.0 Å². The number of carbonyl (C=O) groups excluding carboxylic acids is 1. The van der Waals surface area contributed by atoms with Crippen LogP contribution in [0.25, 0.3) is 0 Å². The minimum absolute atomic E-state index is 0. The Kier molecular flexibility index (Phi) is 9.97. The van der Waals surface area contributed by atoms with Crippen molar-refractivity contribution in [3.63, 3.8) is 0 Å². The smallest absolute Gasteiger partial charge is 0.255 e. The standard InChI is InChI=1S/C24H27N3OS.2ClH/c25-15-22-8-9-23(29-22)20-10-12-27(13-11-20)24(28)21-14-19(16-26-17-21)7-6-18-4-2-1-3-5-18;;/h1-5,8-9,14,16-17,20H,6-7,10-13,15,25H2;2*1H. The molecule has 166 valence electrons. The summed E-state index contributed by atoms with van der Waals surface area (Å²) < 4.78 is 0. The zero-order chi connectivity index (χ0) is 20.1. The number of aryl methyl sites for hydroxylation is 2. The number of hydrogen-bond donors (Lipinski definition) is 1. The molecule has 4 nitrogen and oxygen atoms in total. The number of piperidine rings is 1. The number of amides is 1. The summed E-state index contributed by atoms with van der Waals surface area (Å²) in [5.41, 5.74) is 8.86. The van der Waals surface area contributed by atoms with Crippen LogP contribution in [0.2, 0.25) is 0 Å². The first-order chi connectivity index (χ1) is 14.2. The third kappa shape index (κ3) is 6.53. The second-order valence-electron chi connectivity index (χ2n) is 7.64. The molecular formula is C24H29Cl2N3OS. The van der Waals surface area contributed by atoms with E-state index in [4.69, 9.17) is 5.73 Å². The fourth-order valence-corrected chi connectivity index (χ4v) is 5.01. The lowest BCUT2D eigenvalue weighted by Crippen LogP contribution is -2.37. The Labute approximate surface area is 200 Å². The zero-order valence-corrected chi connectivity index (χ0v) is 19.9. The van der Waals surface area contributed by atoms with Gasteiger partial charge in [-0.2, -0.15) is 0 Å². The molecule has 2 N–H and O–H groups in total. The van der Waals surface area contributed by atoms with Gasteiger partial charge in [0, 0.05) is 41.8 Å². The van der Waals surface area contributed by atoms with Crippen molar-refractivity contribution >= 4 is 42.1 Å². The zero-order valence-electron chi connectivity index (χ0n) is 17.4. The number of hydrogen-bond acceptors (Lipinski definition) is 4. The van der Waals surface area contributed by atoms with Crippen LogP contribution in [0.15, 0.2) is 60.9 Å². The molecule has 0 aliphatic carbocycles. The first kappa shape index (κ1) is 25.3. The van der Waals surface area contributed by atoms with Gasteiger partial charge in [-0.05, 0) is 60.9 Å². The van der Waals surface area contributed by atoms with Gasteiger partial charge in [-0.15, -0.1) is 36.2 Å². The van der Waals surface area contributed by atoms with Crippen LogP contribution in [-0.4, -0.2) is 28.9 Å². The third-order valence-corrected chi connectivity index (χ3v) is 6.93. The molecule has 0 saturated carbocycles. The van der Waals surface area contributed by atoms with Gasteiger partial charge in [-0.1, -0.05) is 30.3 Å². The predicted molar refractivity (Wildman–Crippen MR) is 133 cm³/mol. The topological polar surface area (TPSA) is 59.2 Å². The largest absolute Gasteiger partial charge is 0.339 e. The van der Waals surface area contributed by atoms with Gasteiger partial charge in [0.05, 0.1) is 5.56 Å². The molecule has 1 aliphatic heterocycles. The molecule has 0 radical (unpaired) electrons. The number of thiophene rings is 1. The molecule has 1 aliphatic rings. The Morgan fingerprint density at radius 2 is 1.71 bits per heavy atom. The Balaban J connectivity index is 0.00000171. The van der Waals surface area contributed by atoms with Gasteiger partial charge >= 0.3 is 0 Å². The number of benzene rings is 1. The number of nitrogens with zero attached hydrogens (tertiary/aromatic N) is 2. The van der Waals surface area contributed by atoms with Crippen LogP contribution < -0.4 is 5.73 Å². The minimum atomic E-state index is 0. The van der Waals surface area contributed by atoms with E-state index in [1.807, 2.05) is 34.6 Å². The SMILES string of the molecule is Cl.Cl.NCc1ccc(C2CCN(C(=O)c3cncc(CCc4ccccc4)c3)CC2)s1. The number of rotatable bonds is 6. The maximum absolute atomic E-state index is 13.0. The maximum atomic E-state index is 13.0. The number of likely N-dealkylation sites (tertiary alicyclic amines) is 1. The van der Waals surface area contributed by atoms with Gasteiger partial charge in [0.15, 0.2) is 0 Å². The van der Waals surface area contributed by atoms with E-state index in [0.717, 1.165) is 44.3 Å². The first-order valence-corrected chi connectivity index (χ1v) is 11.1. The average Bonchev–Trinajstić information content (AvgIpc) is 3.28. The molecule has 1 amide bonds. The van der Waals surface area contributed by atoms with Gasteiger partial charge in [-0.25, -0.2) is 0 Å². The molecule has 3 heterocycles. The van der Waals surface area contributed by atoms with Crippen molar-refractivity contribution in [1.29, 1.82) is 0 Å². The van der Waals surface area contributed by atoms with Gasteiger partial charge in [0.25, 0.3) is 5.91 Å². The number of aromatic nitrogens is 1. The lowest BCUT2D eigenvalue weighted by atomic mass is 9.95. The summed E-state index contributed by atoms with van der Waals surface area (Å²) in [6, 6.07) is 16.8. The fourth-order valence-electron chi connectivity index (χ4n) is 3.95. The Bertz CT molecular complexity index is 956. The summed E-state index contributed by atoms with van der Waals surface area (Å²) in [7, 11) is 0. The number of halogens is 2. The quantitative estimate of drug-likeness (QED) is 0.527. The van der Waals surface area contributed by atoms with Crippen LogP contribution in [-0.2, 0) is 19.4 Å². The molecule has 4 rings (SSSR count). The van der Waals surface area contributed by atoms with Crippen LogP contribution in [0.4, 0.5) is 0 Å². The van der Waals surface area contributed by atoms with Crippen molar-refractivity contribution in [1.82, 2.24) is 9.88 Å². The molecule has 31 heavy (non-hydrogen) atoms. The lowest BCUT2D eigenvalue weighted by Gasteiger charge is -2.31. The van der Waals surface area contributed by atoms with Gasteiger partial charge < -0.3 is 10.6 Å². The number of carbonyl (C=O) groups is 1. The first-order valence-electron chi connectivity index (χ1n) is 10.3. The van der Waals surface area contributed by atoms with Crippen molar-refractivity contribution in [2.45, 2.75) is 38.1 Å². The Morgan fingerprint density at radius 1 is 1.00 bits per heavy atom. The minimum Gasteiger partial charge on any atom is -0.339 e. The van der Waals surface area contributed by atoms with Gasteiger partial charge in [0.2, 0.25) is 0 Å². The molecule has 0 unspecified atom stereocenters. The van der Waals surface area contributed by atoms with Crippen molar-refractivity contribution in [2.24, 2.45) is 5.73 Å². The van der Waals surface area contributed by atoms with Gasteiger partial charge in [0.1, 0.15) is 0 Å². The van der Waals surface area contributed by atoms with E-state index in [-0.39, 0.29) is 30.7 Å². The summed E-state index contributed by atoms with van der Waals surface area (Å²) in [6.45, 7) is 2.21. The fraction of sp³-hybridized carbons (Fsp3) is 0.333.